The molecule has 1 atom stereocenters. The first-order valence-electron chi connectivity index (χ1n) is 9.81. The quantitative estimate of drug-likeness (QED) is 0.799. The van der Waals surface area contributed by atoms with E-state index < -0.39 is 0 Å². The molecule has 0 bridgehead atoms. The van der Waals surface area contributed by atoms with Crippen molar-refractivity contribution in [1.82, 2.24) is 9.80 Å². The Kier molecular flexibility index (Phi) is 6.69. The lowest BCUT2D eigenvalue weighted by Crippen LogP contribution is -2.48. The van der Waals surface area contributed by atoms with Crippen LogP contribution in [0.5, 0.6) is 5.75 Å². The molecule has 1 aromatic rings. The maximum atomic E-state index is 12.8. The Morgan fingerprint density at radius 1 is 1.07 bits per heavy atom. The summed E-state index contributed by atoms with van der Waals surface area (Å²) in [5.41, 5.74) is 0. The lowest BCUT2D eigenvalue weighted by molar-refractivity contribution is -0.141. The van der Waals surface area contributed by atoms with Gasteiger partial charge in [0.05, 0.1) is 25.0 Å². The topological polar surface area (TPSA) is 73.6 Å². The first-order valence-corrected chi connectivity index (χ1v) is 9.81. The zero-order chi connectivity index (χ0) is 19.1. The number of hydrogen-bond donors (Lipinski definition) is 0. The van der Waals surface area contributed by atoms with Crippen molar-refractivity contribution in [1.29, 1.82) is 5.26 Å². The number of para-hydroxylation sites is 1. The number of rotatable bonds is 5. The minimum absolute atomic E-state index is 0.0478. The Morgan fingerprint density at radius 2 is 1.81 bits per heavy atom. The summed E-state index contributed by atoms with van der Waals surface area (Å²) in [4.78, 5) is 29.0. The van der Waals surface area contributed by atoms with E-state index in [0.717, 1.165) is 31.4 Å². The second-order valence-corrected chi connectivity index (χ2v) is 7.32. The first kappa shape index (κ1) is 19.2. The van der Waals surface area contributed by atoms with Crippen LogP contribution in [-0.2, 0) is 9.59 Å². The summed E-state index contributed by atoms with van der Waals surface area (Å²) in [6, 6.07) is 11.8. The van der Waals surface area contributed by atoms with Crippen molar-refractivity contribution >= 4 is 11.8 Å². The third-order valence-electron chi connectivity index (χ3n) is 5.44. The maximum absolute atomic E-state index is 12.8. The van der Waals surface area contributed by atoms with Crippen LogP contribution in [0.15, 0.2) is 30.3 Å². The van der Waals surface area contributed by atoms with Crippen LogP contribution in [0.4, 0.5) is 0 Å². The maximum Gasteiger partial charge on any atom is 0.227 e. The summed E-state index contributed by atoms with van der Waals surface area (Å²) < 4.78 is 5.61. The molecule has 2 heterocycles. The Balaban J connectivity index is 1.45. The van der Waals surface area contributed by atoms with Crippen molar-refractivity contribution < 1.29 is 14.3 Å². The summed E-state index contributed by atoms with van der Waals surface area (Å²) in [5, 5.41) is 9.00. The standard InChI is InChI=1S/C21H27N3O3/c22-15-17-8-12-23(13-9-17)21(26)18-5-4-11-24(16-18)20(25)10-14-27-19-6-2-1-3-7-19/h1-3,6-7,17-18H,4-5,8-14,16H2. The highest BCUT2D eigenvalue weighted by Gasteiger charge is 2.32. The van der Waals surface area contributed by atoms with E-state index in [1.54, 1.807) is 0 Å². The minimum atomic E-state index is -0.114. The normalized spacial score (nSPS) is 20.8. The van der Waals surface area contributed by atoms with Crippen LogP contribution in [0, 0.1) is 23.2 Å². The fraction of sp³-hybridized carbons (Fsp3) is 0.571. The summed E-state index contributed by atoms with van der Waals surface area (Å²) in [5.74, 6) is 0.910. The molecule has 6 heteroatoms. The number of hydrogen-bond acceptors (Lipinski definition) is 4. The predicted molar refractivity (Wildman–Crippen MR) is 101 cm³/mol. The van der Waals surface area contributed by atoms with Crippen LogP contribution < -0.4 is 4.74 Å². The summed E-state index contributed by atoms with van der Waals surface area (Å²) in [6.45, 7) is 2.88. The monoisotopic (exact) mass is 369 g/mol. The van der Waals surface area contributed by atoms with E-state index in [0.29, 0.717) is 39.2 Å². The second-order valence-electron chi connectivity index (χ2n) is 7.32. The molecule has 2 aliphatic rings. The van der Waals surface area contributed by atoms with E-state index >= 15 is 0 Å². The molecular formula is C21H27N3O3. The number of amides is 2. The fourth-order valence-electron chi connectivity index (χ4n) is 3.82. The minimum Gasteiger partial charge on any atom is -0.493 e. The van der Waals surface area contributed by atoms with Gasteiger partial charge in [0, 0.05) is 32.1 Å². The highest BCUT2D eigenvalue weighted by molar-refractivity contribution is 5.81. The molecule has 0 N–H and O–H groups in total. The van der Waals surface area contributed by atoms with Crippen LogP contribution in [0.3, 0.4) is 0 Å². The van der Waals surface area contributed by atoms with Gasteiger partial charge >= 0.3 is 0 Å². The van der Waals surface area contributed by atoms with E-state index in [4.69, 9.17) is 10.00 Å². The fourth-order valence-corrected chi connectivity index (χ4v) is 3.82. The molecule has 6 nitrogen and oxygen atoms in total. The molecule has 3 rings (SSSR count). The summed E-state index contributed by atoms with van der Waals surface area (Å²) >= 11 is 0. The van der Waals surface area contributed by atoms with Crippen molar-refractivity contribution in [2.75, 3.05) is 32.8 Å². The highest BCUT2D eigenvalue weighted by Crippen LogP contribution is 2.23. The lowest BCUT2D eigenvalue weighted by Gasteiger charge is -2.37. The van der Waals surface area contributed by atoms with E-state index in [2.05, 4.69) is 6.07 Å². The molecule has 2 aliphatic heterocycles. The molecule has 0 aromatic heterocycles. The predicted octanol–water partition coefficient (Wildman–Crippen LogP) is 2.46. The molecule has 1 aromatic carbocycles. The van der Waals surface area contributed by atoms with Crippen molar-refractivity contribution in [2.45, 2.75) is 32.1 Å². The SMILES string of the molecule is N#CC1CCN(C(=O)C2CCCN(C(=O)CCOc3ccccc3)C2)CC1. The summed E-state index contributed by atoms with van der Waals surface area (Å²) in [7, 11) is 0. The Labute approximate surface area is 160 Å². The molecule has 0 saturated carbocycles. The van der Waals surface area contributed by atoms with Crippen LogP contribution >= 0.6 is 0 Å². The number of nitriles is 1. The lowest BCUT2D eigenvalue weighted by atomic mass is 9.93. The van der Waals surface area contributed by atoms with Gasteiger partial charge in [-0.15, -0.1) is 0 Å². The van der Waals surface area contributed by atoms with Crippen LogP contribution in [-0.4, -0.2) is 54.4 Å². The average Bonchev–Trinajstić information content (AvgIpc) is 2.74. The van der Waals surface area contributed by atoms with Crippen molar-refractivity contribution in [3.63, 3.8) is 0 Å². The number of ether oxygens (including phenoxy) is 1. The Bertz CT molecular complexity index is 678. The van der Waals surface area contributed by atoms with Crippen molar-refractivity contribution in [2.24, 2.45) is 11.8 Å². The first-order chi connectivity index (χ1) is 13.2. The van der Waals surface area contributed by atoms with E-state index in [9.17, 15) is 9.59 Å². The van der Waals surface area contributed by atoms with Gasteiger partial charge in [-0.1, -0.05) is 18.2 Å². The van der Waals surface area contributed by atoms with Gasteiger partial charge in [0.2, 0.25) is 11.8 Å². The number of benzene rings is 1. The van der Waals surface area contributed by atoms with Gasteiger partial charge in [-0.05, 0) is 37.8 Å². The van der Waals surface area contributed by atoms with Gasteiger partial charge < -0.3 is 14.5 Å². The van der Waals surface area contributed by atoms with Gasteiger partial charge in [-0.25, -0.2) is 0 Å². The molecule has 0 aliphatic carbocycles. The van der Waals surface area contributed by atoms with Crippen LogP contribution in [0.25, 0.3) is 0 Å². The van der Waals surface area contributed by atoms with Crippen molar-refractivity contribution in [3.05, 3.63) is 30.3 Å². The average molecular weight is 369 g/mol. The van der Waals surface area contributed by atoms with Gasteiger partial charge in [0.25, 0.3) is 0 Å². The zero-order valence-corrected chi connectivity index (χ0v) is 15.7. The number of piperidine rings is 2. The Hall–Kier alpha value is -2.55. The molecule has 0 spiro atoms. The molecule has 2 fully saturated rings. The molecule has 1 unspecified atom stereocenters. The van der Waals surface area contributed by atoms with Crippen LogP contribution in [0.1, 0.15) is 32.1 Å². The van der Waals surface area contributed by atoms with E-state index in [-0.39, 0.29) is 23.7 Å². The third kappa shape index (κ3) is 5.22. The highest BCUT2D eigenvalue weighted by atomic mass is 16.5. The Morgan fingerprint density at radius 3 is 2.52 bits per heavy atom. The molecule has 27 heavy (non-hydrogen) atoms. The van der Waals surface area contributed by atoms with Gasteiger partial charge in [0.1, 0.15) is 5.75 Å². The third-order valence-corrected chi connectivity index (χ3v) is 5.44. The molecular weight excluding hydrogens is 342 g/mol. The van der Waals surface area contributed by atoms with Crippen molar-refractivity contribution in [3.8, 4) is 11.8 Å². The van der Waals surface area contributed by atoms with E-state index in [1.807, 2.05) is 40.1 Å². The number of likely N-dealkylation sites (tertiary alicyclic amines) is 2. The number of carbonyl (C=O) groups excluding carboxylic acids is 2. The molecule has 2 saturated heterocycles. The number of carbonyl (C=O) groups is 2. The smallest absolute Gasteiger partial charge is 0.227 e. The van der Waals surface area contributed by atoms with E-state index in [1.165, 1.54) is 0 Å². The molecule has 144 valence electrons. The van der Waals surface area contributed by atoms with Crippen LogP contribution in [0.2, 0.25) is 0 Å². The zero-order valence-electron chi connectivity index (χ0n) is 15.7. The largest absolute Gasteiger partial charge is 0.493 e. The molecule has 0 radical (unpaired) electrons. The second kappa shape index (κ2) is 9.40. The van der Waals surface area contributed by atoms with Gasteiger partial charge in [0.15, 0.2) is 0 Å². The number of nitrogens with zero attached hydrogens (tertiary/aromatic N) is 3. The summed E-state index contributed by atoms with van der Waals surface area (Å²) in [6.07, 6.45) is 3.53. The van der Waals surface area contributed by atoms with Gasteiger partial charge in [-0.3, -0.25) is 9.59 Å². The van der Waals surface area contributed by atoms with Gasteiger partial charge in [-0.2, -0.15) is 5.26 Å². The molecule has 2 amide bonds.